The Labute approximate surface area is 183 Å². The summed E-state index contributed by atoms with van der Waals surface area (Å²) in [7, 11) is 0. The molecule has 1 N–H and O–H groups in total. The highest BCUT2D eigenvalue weighted by molar-refractivity contribution is 5.91. The molecule has 1 atom stereocenters. The number of rotatable bonds is 12. The second kappa shape index (κ2) is 12.1. The summed E-state index contributed by atoms with van der Waals surface area (Å²) >= 11 is 0. The Hall–Kier alpha value is -1.85. The van der Waals surface area contributed by atoms with Crippen molar-refractivity contribution in [3.8, 4) is 0 Å². The first-order chi connectivity index (χ1) is 13.9. The first kappa shape index (κ1) is 26.2. The van der Waals surface area contributed by atoms with Gasteiger partial charge < -0.3 is 14.6 Å². The molecule has 0 aliphatic heterocycles. The number of aromatic nitrogens is 1. The Bertz CT molecular complexity index is 659. The monoisotopic (exact) mass is 421 g/mol. The van der Waals surface area contributed by atoms with Crippen molar-refractivity contribution in [2.24, 2.45) is 23.2 Å². The van der Waals surface area contributed by atoms with Crippen molar-refractivity contribution in [2.75, 3.05) is 13.1 Å². The number of nitrogens with one attached hydrogen (secondary N) is 1. The van der Waals surface area contributed by atoms with Crippen LogP contribution in [-0.4, -0.2) is 34.8 Å². The maximum absolute atomic E-state index is 13.0. The maximum atomic E-state index is 13.0. The Kier molecular flexibility index (Phi) is 10.6. The minimum Gasteiger partial charge on any atom is -0.446 e. The van der Waals surface area contributed by atoms with Crippen molar-refractivity contribution in [2.45, 2.75) is 87.6 Å². The van der Waals surface area contributed by atoms with Gasteiger partial charge in [-0.3, -0.25) is 9.59 Å². The molecule has 0 aliphatic rings. The van der Waals surface area contributed by atoms with Crippen molar-refractivity contribution in [3.63, 3.8) is 0 Å². The molecule has 6 heteroatoms. The van der Waals surface area contributed by atoms with Gasteiger partial charge in [0.1, 0.15) is 6.26 Å². The fraction of sp³-hybridized carbons (Fsp3) is 0.792. The summed E-state index contributed by atoms with van der Waals surface area (Å²) in [6.07, 6.45) is 4.73. The Morgan fingerprint density at radius 3 is 2.30 bits per heavy atom. The summed E-state index contributed by atoms with van der Waals surface area (Å²) in [5, 5.41) is 2.87. The van der Waals surface area contributed by atoms with E-state index in [9.17, 15) is 9.59 Å². The predicted octanol–water partition coefficient (Wildman–Crippen LogP) is 5.29. The van der Waals surface area contributed by atoms with Gasteiger partial charge in [-0.05, 0) is 42.4 Å². The van der Waals surface area contributed by atoms with E-state index in [1.807, 2.05) is 4.90 Å². The standard InChI is InChI=1S/C24H43N3O3/c1-17(2)9-11-25-23(29)20-16-30-21(26-20)15-27(12-10-18(3)4)22(28)13-19(5)14-24(6,7)8/h16-19H,9-15H2,1-8H3,(H,25,29). The third-order valence-corrected chi connectivity index (χ3v) is 4.93. The minimum absolute atomic E-state index is 0.119. The Morgan fingerprint density at radius 1 is 1.10 bits per heavy atom. The van der Waals surface area contributed by atoms with E-state index in [2.05, 4.69) is 65.7 Å². The molecule has 1 aromatic heterocycles. The van der Waals surface area contributed by atoms with Gasteiger partial charge >= 0.3 is 0 Å². The number of hydrogen-bond acceptors (Lipinski definition) is 4. The van der Waals surface area contributed by atoms with Gasteiger partial charge in [0.25, 0.3) is 5.91 Å². The number of oxazole rings is 1. The molecule has 0 saturated carbocycles. The molecule has 1 heterocycles. The quantitative estimate of drug-likeness (QED) is 0.498. The second-order valence-corrected chi connectivity index (χ2v) is 10.6. The zero-order chi connectivity index (χ0) is 22.9. The molecule has 1 aromatic rings. The number of amides is 2. The molecular formula is C24H43N3O3. The molecular weight excluding hydrogens is 378 g/mol. The summed E-state index contributed by atoms with van der Waals surface area (Å²) < 4.78 is 5.52. The lowest BCUT2D eigenvalue weighted by molar-refractivity contribution is -0.133. The molecule has 1 unspecified atom stereocenters. The molecule has 0 spiro atoms. The van der Waals surface area contributed by atoms with Gasteiger partial charge in [0, 0.05) is 19.5 Å². The summed E-state index contributed by atoms with van der Waals surface area (Å²) in [6, 6.07) is 0. The van der Waals surface area contributed by atoms with E-state index in [0.29, 0.717) is 49.7 Å². The SMILES string of the molecule is CC(C)CCNC(=O)c1coc(CN(CCC(C)C)C(=O)CC(C)CC(C)(C)C)n1. The number of carbonyl (C=O) groups is 2. The lowest BCUT2D eigenvalue weighted by Gasteiger charge is -2.27. The third-order valence-electron chi connectivity index (χ3n) is 4.93. The van der Waals surface area contributed by atoms with E-state index in [-0.39, 0.29) is 22.9 Å². The van der Waals surface area contributed by atoms with E-state index in [1.165, 1.54) is 6.26 Å². The van der Waals surface area contributed by atoms with E-state index in [4.69, 9.17) is 4.42 Å². The van der Waals surface area contributed by atoms with Crippen molar-refractivity contribution in [1.29, 1.82) is 0 Å². The van der Waals surface area contributed by atoms with Crippen LogP contribution in [0.4, 0.5) is 0 Å². The average molecular weight is 422 g/mol. The molecule has 0 aliphatic carbocycles. The van der Waals surface area contributed by atoms with Gasteiger partial charge in [-0.25, -0.2) is 4.98 Å². The fourth-order valence-electron chi connectivity index (χ4n) is 3.47. The lowest BCUT2D eigenvalue weighted by atomic mass is 9.84. The molecule has 172 valence electrons. The zero-order valence-corrected chi connectivity index (χ0v) is 20.4. The first-order valence-corrected chi connectivity index (χ1v) is 11.4. The van der Waals surface area contributed by atoms with Crippen LogP contribution in [0.15, 0.2) is 10.7 Å². The molecule has 0 saturated heterocycles. The maximum Gasteiger partial charge on any atom is 0.273 e. The van der Waals surface area contributed by atoms with Gasteiger partial charge in [-0.2, -0.15) is 0 Å². The van der Waals surface area contributed by atoms with Crippen molar-refractivity contribution < 1.29 is 14.0 Å². The van der Waals surface area contributed by atoms with Crippen LogP contribution >= 0.6 is 0 Å². The topological polar surface area (TPSA) is 75.4 Å². The molecule has 0 aromatic carbocycles. The largest absolute Gasteiger partial charge is 0.446 e. The van der Waals surface area contributed by atoms with Gasteiger partial charge in [0.2, 0.25) is 11.8 Å². The van der Waals surface area contributed by atoms with Gasteiger partial charge in [-0.1, -0.05) is 55.4 Å². The number of hydrogen-bond donors (Lipinski definition) is 1. The van der Waals surface area contributed by atoms with Crippen LogP contribution in [-0.2, 0) is 11.3 Å². The van der Waals surface area contributed by atoms with Crippen LogP contribution in [0.25, 0.3) is 0 Å². The number of nitrogens with zero attached hydrogens (tertiary/aromatic N) is 2. The average Bonchev–Trinajstić information content (AvgIpc) is 3.04. The van der Waals surface area contributed by atoms with Crippen molar-refractivity contribution in [3.05, 3.63) is 17.8 Å². The lowest BCUT2D eigenvalue weighted by Crippen LogP contribution is -2.33. The summed E-state index contributed by atoms with van der Waals surface area (Å²) in [5.74, 6) is 1.63. The highest BCUT2D eigenvalue weighted by atomic mass is 16.3. The normalized spacial score (nSPS) is 13.0. The van der Waals surface area contributed by atoms with Crippen LogP contribution in [0.1, 0.15) is 97.5 Å². The van der Waals surface area contributed by atoms with Crippen LogP contribution in [0, 0.1) is 23.2 Å². The van der Waals surface area contributed by atoms with Crippen molar-refractivity contribution in [1.82, 2.24) is 15.2 Å². The van der Waals surface area contributed by atoms with E-state index < -0.39 is 0 Å². The Morgan fingerprint density at radius 2 is 1.73 bits per heavy atom. The van der Waals surface area contributed by atoms with Crippen LogP contribution in [0.2, 0.25) is 0 Å². The molecule has 30 heavy (non-hydrogen) atoms. The van der Waals surface area contributed by atoms with E-state index in [0.717, 1.165) is 19.3 Å². The smallest absolute Gasteiger partial charge is 0.273 e. The first-order valence-electron chi connectivity index (χ1n) is 11.4. The van der Waals surface area contributed by atoms with Crippen molar-refractivity contribution >= 4 is 11.8 Å². The summed E-state index contributed by atoms with van der Waals surface area (Å²) in [5.41, 5.74) is 0.467. The van der Waals surface area contributed by atoms with E-state index in [1.54, 1.807) is 0 Å². The molecule has 0 fully saturated rings. The van der Waals surface area contributed by atoms with Gasteiger partial charge in [0.05, 0.1) is 6.54 Å². The zero-order valence-electron chi connectivity index (χ0n) is 20.4. The molecule has 6 nitrogen and oxygen atoms in total. The molecule has 2 amide bonds. The summed E-state index contributed by atoms with van der Waals surface area (Å²) in [4.78, 5) is 31.4. The highest BCUT2D eigenvalue weighted by Gasteiger charge is 2.23. The molecule has 0 bridgehead atoms. The third kappa shape index (κ3) is 10.8. The second-order valence-electron chi connectivity index (χ2n) is 10.6. The van der Waals surface area contributed by atoms with Crippen LogP contribution in [0.5, 0.6) is 0 Å². The predicted molar refractivity (Wildman–Crippen MR) is 121 cm³/mol. The van der Waals surface area contributed by atoms with Gasteiger partial charge in [-0.15, -0.1) is 0 Å². The fourth-order valence-corrected chi connectivity index (χ4v) is 3.47. The van der Waals surface area contributed by atoms with Gasteiger partial charge in [0.15, 0.2) is 5.69 Å². The summed E-state index contributed by atoms with van der Waals surface area (Å²) in [6.45, 7) is 18.8. The highest BCUT2D eigenvalue weighted by Crippen LogP contribution is 2.26. The number of carbonyl (C=O) groups excluding carboxylic acids is 2. The molecule has 0 radical (unpaired) electrons. The molecule has 1 rings (SSSR count). The van der Waals surface area contributed by atoms with Crippen LogP contribution in [0.3, 0.4) is 0 Å². The minimum atomic E-state index is -0.232. The van der Waals surface area contributed by atoms with Crippen LogP contribution < -0.4 is 5.32 Å². The Balaban J connectivity index is 2.74. The van der Waals surface area contributed by atoms with E-state index >= 15 is 0 Å².